The molecule has 4 atom stereocenters. The van der Waals surface area contributed by atoms with Crippen LogP contribution in [0.25, 0.3) is 0 Å². The second-order valence-corrected chi connectivity index (χ2v) is 11.5. The molecule has 0 saturated carbocycles. The summed E-state index contributed by atoms with van der Waals surface area (Å²) in [5, 5.41) is 43.1. The molecule has 0 aromatic heterocycles. The first-order valence-corrected chi connectivity index (χ1v) is 16.4. The topological polar surface area (TPSA) is 110 Å². The van der Waals surface area contributed by atoms with Crippen molar-refractivity contribution in [1.29, 1.82) is 0 Å². The maximum Gasteiger partial charge on any atom is 0.249 e. The smallest absolute Gasteiger partial charge is 0.249 e. The highest BCUT2D eigenvalue weighted by Crippen LogP contribution is 2.15. The largest absolute Gasteiger partial charge is 0.394 e. The van der Waals surface area contributed by atoms with E-state index in [1.54, 1.807) is 0 Å². The van der Waals surface area contributed by atoms with E-state index in [4.69, 9.17) is 0 Å². The number of carbonyl (C=O) groups is 1. The molecule has 0 aromatic rings. The minimum Gasteiger partial charge on any atom is -0.394 e. The number of aliphatic hydroxyl groups is 4. The van der Waals surface area contributed by atoms with E-state index in [2.05, 4.69) is 19.2 Å². The number of carbonyl (C=O) groups excluding carboxylic acids is 1. The number of rotatable bonds is 29. The van der Waals surface area contributed by atoms with Crippen LogP contribution in [0.3, 0.4) is 0 Å². The van der Waals surface area contributed by atoms with Crippen LogP contribution in [-0.4, -0.2) is 57.3 Å². The van der Waals surface area contributed by atoms with Crippen LogP contribution in [0.1, 0.15) is 168 Å². The molecule has 38 heavy (non-hydrogen) atoms. The van der Waals surface area contributed by atoms with E-state index >= 15 is 0 Å². The molecule has 0 aliphatic rings. The van der Waals surface area contributed by atoms with Gasteiger partial charge in [0, 0.05) is 0 Å². The van der Waals surface area contributed by atoms with Crippen molar-refractivity contribution in [2.24, 2.45) is 0 Å². The Kier molecular flexibility index (Phi) is 27.4. The molecule has 0 heterocycles. The highest BCUT2D eigenvalue weighted by atomic mass is 16.3. The van der Waals surface area contributed by atoms with Crippen molar-refractivity contribution in [2.75, 3.05) is 6.61 Å². The van der Waals surface area contributed by atoms with Gasteiger partial charge in [0.15, 0.2) is 0 Å². The highest BCUT2D eigenvalue weighted by Gasteiger charge is 2.28. The zero-order valence-corrected chi connectivity index (χ0v) is 25.2. The lowest BCUT2D eigenvalue weighted by molar-refractivity contribution is -0.132. The van der Waals surface area contributed by atoms with Crippen LogP contribution in [0, 0.1) is 0 Å². The minimum atomic E-state index is -1.25. The molecule has 0 radical (unpaired) electrons. The third-order valence-corrected chi connectivity index (χ3v) is 7.82. The zero-order valence-electron chi connectivity index (χ0n) is 25.2. The summed E-state index contributed by atoms with van der Waals surface area (Å²) in [4.78, 5) is 12.4. The molecule has 0 spiro atoms. The van der Waals surface area contributed by atoms with E-state index in [0.717, 1.165) is 38.5 Å². The van der Waals surface area contributed by atoms with E-state index in [1.165, 1.54) is 103 Å². The maximum absolute atomic E-state index is 12.4. The fourth-order valence-corrected chi connectivity index (χ4v) is 5.11. The molecule has 228 valence electrons. The van der Waals surface area contributed by atoms with E-state index in [0.29, 0.717) is 12.8 Å². The van der Waals surface area contributed by atoms with Gasteiger partial charge >= 0.3 is 0 Å². The van der Waals surface area contributed by atoms with Crippen molar-refractivity contribution >= 4 is 5.91 Å². The fourth-order valence-electron chi connectivity index (χ4n) is 5.11. The summed E-state index contributed by atoms with van der Waals surface area (Å²) in [7, 11) is 0. The molecule has 6 nitrogen and oxygen atoms in total. The summed E-state index contributed by atoms with van der Waals surface area (Å²) in [6, 6.07) is -0.975. The Bertz CT molecular complexity index is 504. The first-order chi connectivity index (χ1) is 18.5. The molecule has 0 fully saturated rings. The van der Waals surface area contributed by atoms with Crippen molar-refractivity contribution in [2.45, 2.75) is 192 Å². The van der Waals surface area contributed by atoms with E-state index < -0.39 is 36.9 Å². The first kappa shape index (κ1) is 37.3. The van der Waals surface area contributed by atoms with Gasteiger partial charge in [-0.05, 0) is 12.8 Å². The van der Waals surface area contributed by atoms with Gasteiger partial charge < -0.3 is 25.7 Å². The lowest BCUT2D eigenvalue weighted by atomic mass is 9.99. The van der Waals surface area contributed by atoms with Crippen LogP contribution >= 0.6 is 0 Å². The Labute approximate surface area is 235 Å². The molecule has 1 amide bonds. The van der Waals surface area contributed by atoms with Crippen molar-refractivity contribution in [3.8, 4) is 0 Å². The number of hydrogen-bond donors (Lipinski definition) is 5. The molecule has 4 unspecified atom stereocenters. The summed E-state index contributed by atoms with van der Waals surface area (Å²) in [6.07, 6.45) is 24.1. The Morgan fingerprint density at radius 3 is 1.26 bits per heavy atom. The van der Waals surface area contributed by atoms with Gasteiger partial charge in [0.2, 0.25) is 5.91 Å². The number of aliphatic hydroxyl groups excluding tert-OH is 4. The third-order valence-electron chi connectivity index (χ3n) is 7.82. The molecule has 0 aromatic carbocycles. The van der Waals surface area contributed by atoms with Gasteiger partial charge in [0.25, 0.3) is 0 Å². The van der Waals surface area contributed by atoms with Crippen molar-refractivity contribution in [3.63, 3.8) is 0 Å². The van der Waals surface area contributed by atoms with Crippen LogP contribution in [0.4, 0.5) is 0 Å². The molecule has 5 N–H and O–H groups in total. The fraction of sp³-hybridized carbons (Fsp3) is 0.969. The third kappa shape index (κ3) is 22.2. The normalized spacial score (nSPS) is 14.8. The minimum absolute atomic E-state index is 0.374. The quantitative estimate of drug-likeness (QED) is 0.0656. The molecule has 0 aliphatic carbocycles. The molecule has 0 saturated heterocycles. The Balaban J connectivity index is 3.85. The van der Waals surface area contributed by atoms with E-state index in [-0.39, 0.29) is 0 Å². The Morgan fingerprint density at radius 1 is 0.553 bits per heavy atom. The molecule has 0 aliphatic heterocycles. The van der Waals surface area contributed by atoms with Crippen LogP contribution in [0.15, 0.2) is 0 Å². The van der Waals surface area contributed by atoms with E-state index in [9.17, 15) is 25.2 Å². The molecule has 6 heteroatoms. The zero-order chi connectivity index (χ0) is 28.3. The molecule has 0 bridgehead atoms. The monoisotopic (exact) mass is 543 g/mol. The van der Waals surface area contributed by atoms with Crippen LogP contribution in [0.5, 0.6) is 0 Å². The predicted molar refractivity (Wildman–Crippen MR) is 159 cm³/mol. The predicted octanol–water partition coefficient (Wildman–Crippen LogP) is 6.95. The molecular weight excluding hydrogens is 478 g/mol. The van der Waals surface area contributed by atoms with Gasteiger partial charge in [-0.15, -0.1) is 0 Å². The summed E-state index contributed by atoms with van der Waals surface area (Å²) in [6.45, 7) is 3.99. The van der Waals surface area contributed by atoms with Crippen LogP contribution in [0.2, 0.25) is 0 Å². The summed E-state index contributed by atoms with van der Waals surface area (Å²) >= 11 is 0. The van der Waals surface area contributed by atoms with Gasteiger partial charge in [0.05, 0.1) is 18.8 Å². The average Bonchev–Trinajstić information content (AvgIpc) is 2.92. The standard InChI is InChI=1S/C32H65NO5/c1-3-5-7-9-11-13-14-15-16-18-20-22-24-26-30(36)32(38)33-28(27-34)31(37)29(35)25-23-21-19-17-12-10-8-6-4-2/h28-31,34-37H,3-27H2,1-2H3,(H,33,38). The lowest BCUT2D eigenvalue weighted by Gasteiger charge is -2.27. The summed E-state index contributed by atoms with van der Waals surface area (Å²) in [5.74, 6) is -0.586. The second-order valence-electron chi connectivity index (χ2n) is 11.5. The van der Waals surface area contributed by atoms with Crippen molar-refractivity contribution in [1.82, 2.24) is 5.32 Å². The van der Waals surface area contributed by atoms with Gasteiger partial charge in [-0.1, -0.05) is 155 Å². The van der Waals surface area contributed by atoms with Gasteiger partial charge in [-0.2, -0.15) is 0 Å². The second kappa shape index (κ2) is 27.9. The summed E-state index contributed by atoms with van der Waals surface area (Å²) < 4.78 is 0. The van der Waals surface area contributed by atoms with Crippen LogP contribution in [-0.2, 0) is 4.79 Å². The van der Waals surface area contributed by atoms with Crippen molar-refractivity contribution in [3.05, 3.63) is 0 Å². The van der Waals surface area contributed by atoms with Crippen molar-refractivity contribution < 1.29 is 25.2 Å². The first-order valence-electron chi connectivity index (χ1n) is 16.4. The average molecular weight is 544 g/mol. The van der Waals surface area contributed by atoms with Gasteiger partial charge in [-0.25, -0.2) is 0 Å². The number of amides is 1. The maximum atomic E-state index is 12.4. The number of nitrogens with one attached hydrogen (secondary N) is 1. The number of hydrogen-bond acceptors (Lipinski definition) is 5. The summed E-state index contributed by atoms with van der Waals surface area (Å²) in [5.41, 5.74) is 0. The molecule has 0 rings (SSSR count). The number of unbranched alkanes of at least 4 members (excludes halogenated alkanes) is 20. The Morgan fingerprint density at radius 2 is 0.895 bits per heavy atom. The Hall–Kier alpha value is -0.690. The SMILES string of the molecule is CCCCCCCCCCCCCCCC(O)C(=O)NC(CO)C(O)C(O)CCCCCCCCCCC. The highest BCUT2D eigenvalue weighted by molar-refractivity contribution is 5.80. The van der Waals surface area contributed by atoms with E-state index in [1.807, 2.05) is 0 Å². The van der Waals surface area contributed by atoms with Crippen LogP contribution < -0.4 is 5.32 Å². The van der Waals surface area contributed by atoms with Gasteiger partial charge in [0.1, 0.15) is 12.2 Å². The lowest BCUT2D eigenvalue weighted by Crippen LogP contribution is -2.53. The molecular formula is C32H65NO5. The van der Waals surface area contributed by atoms with Gasteiger partial charge in [-0.3, -0.25) is 4.79 Å².